The second-order valence-electron chi connectivity index (χ2n) is 6.46. The molecule has 0 aliphatic rings. The van der Waals surface area contributed by atoms with Gasteiger partial charge in [-0.3, -0.25) is 0 Å². The van der Waals surface area contributed by atoms with E-state index in [1.54, 1.807) is 18.2 Å². The summed E-state index contributed by atoms with van der Waals surface area (Å²) in [5.74, 6) is 0.581. The molecule has 1 aromatic rings. The number of nitrogens with zero attached hydrogens (tertiary/aromatic N) is 1. The molecule has 5 N–H and O–H groups in total. The first-order valence-corrected chi connectivity index (χ1v) is 8.77. The van der Waals surface area contributed by atoms with Crippen molar-refractivity contribution in [1.29, 1.82) is 0 Å². The van der Waals surface area contributed by atoms with Gasteiger partial charge in [0.25, 0.3) is 0 Å². The molecule has 0 radical (unpaired) electrons. The van der Waals surface area contributed by atoms with Gasteiger partial charge in [-0.2, -0.15) is 0 Å². The molecule has 6 heteroatoms. The van der Waals surface area contributed by atoms with E-state index in [0.29, 0.717) is 17.1 Å². The van der Waals surface area contributed by atoms with Gasteiger partial charge in [0.15, 0.2) is 0 Å². The second-order valence-corrected chi connectivity index (χ2v) is 6.46. The van der Waals surface area contributed by atoms with E-state index in [0.717, 1.165) is 49.9 Å². The molecular formula is C18H34ClN3O2. The topological polar surface area (TPSA) is 81.5 Å². The van der Waals surface area contributed by atoms with E-state index in [9.17, 15) is 5.11 Å². The Morgan fingerprint density at radius 3 is 2.04 bits per heavy atom. The first-order valence-electron chi connectivity index (χ1n) is 8.77. The van der Waals surface area contributed by atoms with Gasteiger partial charge in [-0.25, -0.2) is 0 Å². The molecule has 0 heterocycles. The van der Waals surface area contributed by atoms with Crippen molar-refractivity contribution >= 4 is 11.4 Å². The smallest absolute Gasteiger partial charge is 0.142 e. The normalized spacial score (nSPS) is 12.5. The average Bonchev–Trinajstić information content (AvgIpc) is 2.47. The summed E-state index contributed by atoms with van der Waals surface area (Å²) in [4.78, 5) is 0. The molecule has 1 unspecified atom stereocenters. The van der Waals surface area contributed by atoms with Crippen molar-refractivity contribution in [2.24, 2.45) is 0 Å². The number of nitrogens with two attached hydrogens (primary N) is 2. The van der Waals surface area contributed by atoms with Crippen LogP contribution in [-0.2, 0) is 0 Å². The van der Waals surface area contributed by atoms with Crippen LogP contribution in [0.2, 0.25) is 0 Å². The molecular weight excluding hydrogens is 326 g/mol. The van der Waals surface area contributed by atoms with Crippen molar-refractivity contribution in [3.05, 3.63) is 18.2 Å². The number of quaternary nitrogens is 1. The molecule has 0 spiro atoms. The van der Waals surface area contributed by atoms with Crippen molar-refractivity contribution in [2.75, 3.05) is 44.3 Å². The number of benzene rings is 1. The van der Waals surface area contributed by atoms with E-state index in [1.165, 1.54) is 0 Å². The van der Waals surface area contributed by atoms with Gasteiger partial charge < -0.3 is 38.2 Å². The van der Waals surface area contributed by atoms with Crippen molar-refractivity contribution in [1.82, 2.24) is 0 Å². The molecule has 0 saturated carbocycles. The van der Waals surface area contributed by atoms with Gasteiger partial charge in [0, 0.05) is 5.69 Å². The van der Waals surface area contributed by atoms with Gasteiger partial charge >= 0.3 is 0 Å². The standard InChI is InChI=1S/C18H34N3O2.ClH/c1-4-9-21(10-5-2,11-6-3)13-16(22)14-23-18-8-7-15(19)12-17(18)20;/h7-8,12,16,22H,4-6,9-11,13-14,19-20H2,1-3H3;1H/q+1;/p-1. The molecule has 0 aliphatic heterocycles. The van der Waals surface area contributed by atoms with E-state index in [2.05, 4.69) is 20.8 Å². The monoisotopic (exact) mass is 359 g/mol. The van der Waals surface area contributed by atoms with Gasteiger partial charge in [0.1, 0.15) is 25.0 Å². The summed E-state index contributed by atoms with van der Waals surface area (Å²) in [6.45, 7) is 10.9. The Hall–Kier alpha value is -1.17. The number of nitrogen functional groups attached to an aromatic ring is 2. The van der Waals surface area contributed by atoms with E-state index in [4.69, 9.17) is 16.2 Å². The highest BCUT2D eigenvalue weighted by molar-refractivity contribution is 5.60. The number of ether oxygens (including phenoxy) is 1. The van der Waals surface area contributed by atoms with Crippen molar-refractivity contribution in [2.45, 2.75) is 46.1 Å². The highest BCUT2D eigenvalue weighted by atomic mass is 35.5. The van der Waals surface area contributed by atoms with E-state index in [-0.39, 0.29) is 19.0 Å². The molecule has 1 rings (SSSR count). The first-order chi connectivity index (χ1) is 11.0. The molecule has 5 nitrogen and oxygen atoms in total. The first kappa shape index (κ1) is 22.8. The summed E-state index contributed by atoms with van der Waals surface area (Å²) in [6, 6.07) is 5.18. The van der Waals surface area contributed by atoms with Gasteiger partial charge in [-0.1, -0.05) is 20.8 Å². The summed E-state index contributed by atoms with van der Waals surface area (Å²) < 4.78 is 6.66. The number of rotatable bonds is 11. The zero-order valence-corrected chi connectivity index (χ0v) is 16.1. The third-order valence-corrected chi connectivity index (χ3v) is 4.16. The molecule has 140 valence electrons. The minimum absolute atomic E-state index is 0. The maximum atomic E-state index is 10.5. The van der Waals surface area contributed by atoms with Crippen LogP contribution in [0, 0.1) is 0 Å². The molecule has 0 aromatic heterocycles. The van der Waals surface area contributed by atoms with Crippen LogP contribution in [0.1, 0.15) is 40.0 Å². The van der Waals surface area contributed by atoms with Crippen LogP contribution in [0.15, 0.2) is 18.2 Å². The number of hydrogen-bond donors (Lipinski definition) is 3. The largest absolute Gasteiger partial charge is 1.00 e. The Balaban J connectivity index is 0.00000529. The van der Waals surface area contributed by atoms with Crippen LogP contribution < -0.4 is 28.6 Å². The van der Waals surface area contributed by atoms with E-state index in [1.807, 2.05) is 0 Å². The molecule has 0 aliphatic carbocycles. The minimum Gasteiger partial charge on any atom is -1.00 e. The highest BCUT2D eigenvalue weighted by Gasteiger charge is 2.28. The lowest BCUT2D eigenvalue weighted by molar-refractivity contribution is -0.931. The summed E-state index contributed by atoms with van der Waals surface area (Å²) in [5, 5.41) is 10.5. The molecule has 0 fully saturated rings. The predicted octanol–water partition coefficient (Wildman–Crippen LogP) is -0.358. The van der Waals surface area contributed by atoms with Crippen LogP contribution in [0.25, 0.3) is 0 Å². The number of hydrogen-bond acceptors (Lipinski definition) is 4. The summed E-state index contributed by atoms with van der Waals surface area (Å²) in [6.07, 6.45) is 2.87. The van der Waals surface area contributed by atoms with Gasteiger partial charge in [0.2, 0.25) is 0 Å². The van der Waals surface area contributed by atoms with Crippen molar-refractivity contribution in [3.63, 3.8) is 0 Å². The third-order valence-electron chi connectivity index (χ3n) is 4.16. The van der Waals surface area contributed by atoms with Crippen LogP contribution in [-0.4, -0.2) is 48.5 Å². The molecule has 1 atom stereocenters. The number of halogens is 1. The SMILES string of the molecule is CCC[N+](CCC)(CCC)CC(O)COc1ccc(N)cc1N.[Cl-]. The Morgan fingerprint density at radius 2 is 1.58 bits per heavy atom. The third kappa shape index (κ3) is 7.16. The fourth-order valence-electron chi connectivity index (χ4n) is 3.42. The number of aliphatic hydroxyl groups is 1. The maximum Gasteiger partial charge on any atom is 0.142 e. The van der Waals surface area contributed by atoms with Gasteiger partial charge in [0.05, 0.1) is 25.3 Å². The van der Waals surface area contributed by atoms with Crippen LogP contribution in [0.3, 0.4) is 0 Å². The summed E-state index contributed by atoms with van der Waals surface area (Å²) in [7, 11) is 0. The minimum atomic E-state index is -0.503. The van der Waals surface area contributed by atoms with Gasteiger partial charge in [-0.05, 0) is 37.5 Å². The number of anilines is 2. The molecule has 0 bridgehead atoms. The predicted molar refractivity (Wildman–Crippen MR) is 97.4 cm³/mol. The molecule has 1 aromatic carbocycles. The Morgan fingerprint density at radius 1 is 1.04 bits per heavy atom. The maximum absolute atomic E-state index is 10.5. The molecule has 0 saturated heterocycles. The zero-order valence-electron chi connectivity index (χ0n) is 15.3. The lowest BCUT2D eigenvalue weighted by atomic mass is 10.2. The average molecular weight is 360 g/mol. The molecule has 0 amide bonds. The Bertz CT molecular complexity index is 455. The quantitative estimate of drug-likeness (QED) is 0.372. The van der Waals surface area contributed by atoms with Crippen LogP contribution in [0.4, 0.5) is 11.4 Å². The van der Waals surface area contributed by atoms with Crippen molar-refractivity contribution < 1.29 is 26.7 Å². The Labute approximate surface area is 153 Å². The van der Waals surface area contributed by atoms with Gasteiger partial charge in [-0.15, -0.1) is 0 Å². The van der Waals surface area contributed by atoms with Crippen molar-refractivity contribution in [3.8, 4) is 5.75 Å². The number of aliphatic hydroxyl groups excluding tert-OH is 1. The highest BCUT2D eigenvalue weighted by Crippen LogP contribution is 2.24. The van der Waals surface area contributed by atoms with Crippen LogP contribution in [0.5, 0.6) is 5.75 Å². The summed E-state index contributed by atoms with van der Waals surface area (Å²) in [5.41, 5.74) is 12.7. The zero-order chi connectivity index (χ0) is 17.3. The lowest BCUT2D eigenvalue weighted by Crippen LogP contribution is -3.00. The fourth-order valence-corrected chi connectivity index (χ4v) is 3.42. The Kier molecular flexibility index (Phi) is 10.8. The lowest BCUT2D eigenvalue weighted by Gasteiger charge is -2.39. The molecule has 24 heavy (non-hydrogen) atoms. The fraction of sp³-hybridized carbons (Fsp3) is 0.667. The van der Waals surface area contributed by atoms with E-state index >= 15 is 0 Å². The van der Waals surface area contributed by atoms with Crippen LogP contribution >= 0.6 is 0 Å². The summed E-state index contributed by atoms with van der Waals surface area (Å²) >= 11 is 0. The van der Waals surface area contributed by atoms with E-state index < -0.39 is 6.10 Å². The second kappa shape index (κ2) is 11.4.